The molecular formula is C16H28O3. The highest BCUT2D eigenvalue weighted by Crippen LogP contribution is 2.14. The van der Waals surface area contributed by atoms with Crippen LogP contribution in [0.2, 0.25) is 0 Å². The van der Waals surface area contributed by atoms with Crippen molar-refractivity contribution in [3.05, 3.63) is 12.2 Å². The smallest absolute Gasteiger partial charge is 0.157 e. The fourth-order valence-corrected chi connectivity index (χ4v) is 2.20. The summed E-state index contributed by atoms with van der Waals surface area (Å²) in [5.74, 6) is 0.141. The van der Waals surface area contributed by atoms with Crippen molar-refractivity contribution in [3.63, 3.8) is 0 Å². The van der Waals surface area contributed by atoms with E-state index in [4.69, 9.17) is 9.47 Å². The van der Waals surface area contributed by atoms with Crippen LogP contribution in [-0.4, -0.2) is 25.3 Å². The van der Waals surface area contributed by atoms with E-state index < -0.39 is 0 Å². The Balaban J connectivity index is 1.79. The maximum absolute atomic E-state index is 10.7. The van der Waals surface area contributed by atoms with Gasteiger partial charge in [-0.05, 0) is 51.5 Å². The number of hydrogen-bond donors (Lipinski definition) is 0. The molecule has 0 N–H and O–H groups in total. The number of rotatable bonds is 10. The first-order chi connectivity index (χ1) is 9.29. The Morgan fingerprint density at radius 2 is 2.00 bits per heavy atom. The average molecular weight is 268 g/mol. The Morgan fingerprint density at radius 1 is 1.21 bits per heavy atom. The molecule has 0 spiro atoms. The van der Waals surface area contributed by atoms with Crippen LogP contribution < -0.4 is 0 Å². The van der Waals surface area contributed by atoms with Crippen LogP contribution in [0.3, 0.4) is 0 Å². The molecular weight excluding hydrogens is 240 g/mol. The maximum atomic E-state index is 10.7. The molecule has 0 aromatic rings. The summed E-state index contributed by atoms with van der Waals surface area (Å²) in [6, 6.07) is 0. The van der Waals surface area contributed by atoms with Gasteiger partial charge in [-0.25, -0.2) is 0 Å². The van der Waals surface area contributed by atoms with Crippen LogP contribution in [0.5, 0.6) is 0 Å². The molecule has 1 aliphatic heterocycles. The molecule has 0 radical (unpaired) electrons. The minimum absolute atomic E-state index is 0.0606. The van der Waals surface area contributed by atoms with Gasteiger partial charge in [0, 0.05) is 13.2 Å². The summed E-state index contributed by atoms with van der Waals surface area (Å²) in [4.78, 5) is 10.7. The molecule has 1 heterocycles. The molecule has 110 valence electrons. The predicted molar refractivity (Wildman–Crippen MR) is 77.1 cm³/mol. The van der Waals surface area contributed by atoms with Crippen LogP contribution in [0.25, 0.3) is 0 Å². The SMILES string of the molecule is CC(=O)/C=C/CCCCCCCOC1CCCCO1. The van der Waals surface area contributed by atoms with Crippen molar-refractivity contribution in [2.45, 2.75) is 71.0 Å². The summed E-state index contributed by atoms with van der Waals surface area (Å²) in [6.07, 6.45) is 14.2. The van der Waals surface area contributed by atoms with Crippen molar-refractivity contribution in [1.82, 2.24) is 0 Å². The van der Waals surface area contributed by atoms with Crippen molar-refractivity contribution < 1.29 is 14.3 Å². The Bertz CT molecular complexity index is 255. The Labute approximate surface area is 117 Å². The summed E-state index contributed by atoms with van der Waals surface area (Å²) >= 11 is 0. The first-order valence-electron chi connectivity index (χ1n) is 7.69. The largest absolute Gasteiger partial charge is 0.353 e. The van der Waals surface area contributed by atoms with Crippen LogP contribution >= 0.6 is 0 Å². The zero-order chi connectivity index (χ0) is 13.8. The van der Waals surface area contributed by atoms with Crippen LogP contribution in [0.15, 0.2) is 12.2 Å². The molecule has 19 heavy (non-hydrogen) atoms. The van der Waals surface area contributed by atoms with Gasteiger partial charge in [0.05, 0.1) is 0 Å². The van der Waals surface area contributed by atoms with Gasteiger partial charge in [0.2, 0.25) is 0 Å². The average Bonchev–Trinajstić information content (AvgIpc) is 2.42. The number of unbranched alkanes of at least 4 members (excludes halogenated alkanes) is 5. The molecule has 0 aromatic heterocycles. The molecule has 1 atom stereocenters. The Morgan fingerprint density at radius 3 is 2.74 bits per heavy atom. The molecule has 0 aliphatic carbocycles. The molecule has 0 aromatic carbocycles. The van der Waals surface area contributed by atoms with Gasteiger partial charge in [-0.1, -0.05) is 25.3 Å². The van der Waals surface area contributed by atoms with Crippen LogP contribution in [-0.2, 0) is 14.3 Å². The van der Waals surface area contributed by atoms with E-state index in [9.17, 15) is 4.79 Å². The van der Waals surface area contributed by atoms with Crippen molar-refractivity contribution in [2.24, 2.45) is 0 Å². The topological polar surface area (TPSA) is 35.5 Å². The second-order valence-electron chi connectivity index (χ2n) is 5.24. The van der Waals surface area contributed by atoms with E-state index in [1.807, 2.05) is 6.08 Å². The third-order valence-electron chi connectivity index (χ3n) is 3.31. The first kappa shape index (κ1) is 16.4. The van der Waals surface area contributed by atoms with E-state index in [1.165, 1.54) is 38.5 Å². The molecule has 0 amide bonds. The molecule has 1 fully saturated rings. The third kappa shape index (κ3) is 9.85. The summed E-state index contributed by atoms with van der Waals surface area (Å²) in [6.45, 7) is 3.28. The molecule has 3 nitrogen and oxygen atoms in total. The predicted octanol–water partition coefficient (Wildman–Crippen LogP) is 4.02. The van der Waals surface area contributed by atoms with Gasteiger partial charge in [-0.3, -0.25) is 4.79 Å². The lowest BCUT2D eigenvalue weighted by molar-refractivity contribution is -0.162. The minimum atomic E-state index is 0.0606. The zero-order valence-corrected chi connectivity index (χ0v) is 12.2. The van der Waals surface area contributed by atoms with Crippen molar-refractivity contribution in [3.8, 4) is 0 Å². The quantitative estimate of drug-likeness (QED) is 0.443. The normalized spacial score (nSPS) is 19.9. The lowest BCUT2D eigenvalue weighted by atomic mass is 10.1. The Hall–Kier alpha value is -0.670. The van der Waals surface area contributed by atoms with Crippen molar-refractivity contribution in [2.75, 3.05) is 13.2 Å². The molecule has 1 rings (SSSR count). The van der Waals surface area contributed by atoms with Gasteiger partial charge < -0.3 is 9.47 Å². The number of ketones is 1. The van der Waals surface area contributed by atoms with Crippen molar-refractivity contribution in [1.29, 1.82) is 0 Å². The highest BCUT2D eigenvalue weighted by Gasteiger charge is 2.13. The second-order valence-corrected chi connectivity index (χ2v) is 5.24. The summed E-state index contributed by atoms with van der Waals surface area (Å²) < 4.78 is 11.2. The summed E-state index contributed by atoms with van der Waals surface area (Å²) in [5, 5.41) is 0. The lowest BCUT2D eigenvalue weighted by Gasteiger charge is -2.22. The minimum Gasteiger partial charge on any atom is -0.353 e. The first-order valence-corrected chi connectivity index (χ1v) is 7.69. The highest BCUT2D eigenvalue weighted by molar-refractivity contribution is 5.87. The molecule has 3 heteroatoms. The third-order valence-corrected chi connectivity index (χ3v) is 3.31. The van der Waals surface area contributed by atoms with Crippen LogP contribution in [0.4, 0.5) is 0 Å². The van der Waals surface area contributed by atoms with E-state index in [2.05, 4.69) is 0 Å². The summed E-state index contributed by atoms with van der Waals surface area (Å²) in [5.41, 5.74) is 0. The molecule has 1 unspecified atom stereocenters. The van der Waals surface area contributed by atoms with E-state index in [1.54, 1.807) is 13.0 Å². The second kappa shape index (κ2) is 11.2. The van der Waals surface area contributed by atoms with E-state index >= 15 is 0 Å². The molecule has 1 aliphatic rings. The van der Waals surface area contributed by atoms with Gasteiger partial charge in [-0.2, -0.15) is 0 Å². The number of carbonyl (C=O) groups excluding carboxylic acids is 1. The molecule has 1 saturated heterocycles. The number of ether oxygens (including phenoxy) is 2. The standard InChI is InChI=1S/C16H28O3/c1-15(17)11-7-5-3-2-4-6-9-13-18-16-12-8-10-14-19-16/h7,11,16H,2-6,8-10,12-14H2,1H3/b11-7+. The van der Waals surface area contributed by atoms with Gasteiger partial charge in [0.15, 0.2) is 12.1 Å². The van der Waals surface area contributed by atoms with E-state index in [0.29, 0.717) is 0 Å². The number of carbonyl (C=O) groups is 1. The van der Waals surface area contributed by atoms with Crippen LogP contribution in [0, 0.1) is 0 Å². The van der Waals surface area contributed by atoms with Gasteiger partial charge in [0.25, 0.3) is 0 Å². The van der Waals surface area contributed by atoms with E-state index in [0.717, 1.165) is 32.5 Å². The number of allylic oxidation sites excluding steroid dienone is 2. The van der Waals surface area contributed by atoms with Gasteiger partial charge in [-0.15, -0.1) is 0 Å². The van der Waals surface area contributed by atoms with Crippen molar-refractivity contribution >= 4 is 5.78 Å². The number of hydrogen-bond acceptors (Lipinski definition) is 3. The molecule has 0 bridgehead atoms. The maximum Gasteiger partial charge on any atom is 0.157 e. The van der Waals surface area contributed by atoms with E-state index in [-0.39, 0.29) is 12.1 Å². The fraction of sp³-hybridized carbons (Fsp3) is 0.812. The van der Waals surface area contributed by atoms with Crippen LogP contribution in [0.1, 0.15) is 64.7 Å². The lowest BCUT2D eigenvalue weighted by Crippen LogP contribution is -2.22. The Kier molecular flexibility index (Phi) is 9.64. The molecule has 0 saturated carbocycles. The highest BCUT2D eigenvalue weighted by atomic mass is 16.7. The monoisotopic (exact) mass is 268 g/mol. The summed E-state index contributed by atoms with van der Waals surface area (Å²) in [7, 11) is 0. The fourth-order valence-electron chi connectivity index (χ4n) is 2.20. The zero-order valence-electron chi connectivity index (χ0n) is 12.2. The van der Waals surface area contributed by atoms with Gasteiger partial charge in [0.1, 0.15) is 0 Å². The van der Waals surface area contributed by atoms with Gasteiger partial charge >= 0.3 is 0 Å².